The van der Waals surface area contributed by atoms with Gasteiger partial charge in [0, 0.05) is 5.02 Å². The van der Waals surface area contributed by atoms with Crippen LogP contribution in [0.15, 0.2) is 36.4 Å². The average molecular weight is 370 g/mol. The van der Waals surface area contributed by atoms with Crippen molar-refractivity contribution < 1.29 is 22.7 Å². The molecule has 0 heterocycles. The summed E-state index contributed by atoms with van der Waals surface area (Å²) in [6.45, 7) is 0. The van der Waals surface area contributed by atoms with Crippen LogP contribution in [0.4, 0.5) is 13.2 Å². The van der Waals surface area contributed by atoms with Crippen LogP contribution >= 0.6 is 34.8 Å². The SMILES string of the molecule is O=C(Oc1c(Cl)cc(Cl)cc1Cl)c1ccccc1C(F)(F)F. The fraction of sp³-hybridized carbons (Fsp3) is 0.0714. The summed E-state index contributed by atoms with van der Waals surface area (Å²) < 4.78 is 43.5. The molecule has 2 aromatic rings. The lowest BCUT2D eigenvalue weighted by molar-refractivity contribution is -0.138. The van der Waals surface area contributed by atoms with Crippen molar-refractivity contribution in [3.8, 4) is 5.75 Å². The molecular weight excluding hydrogens is 364 g/mol. The van der Waals surface area contributed by atoms with Gasteiger partial charge in [-0.05, 0) is 24.3 Å². The van der Waals surface area contributed by atoms with Gasteiger partial charge in [0.15, 0.2) is 5.75 Å². The Morgan fingerprint density at radius 3 is 2.09 bits per heavy atom. The zero-order valence-corrected chi connectivity index (χ0v) is 12.8. The molecule has 2 nitrogen and oxygen atoms in total. The van der Waals surface area contributed by atoms with Crippen LogP contribution in [0.3, 0.4) is 0 Å². The highest BCUT2D eigenvalue weighted by molar-refractivity contribution is 6.40. The number of rotatable bonds is 2. The largest absolute Gasteiger partial charge is 0.420 e. The number of halogens is 6. The normalized spacial score (nSPS) is 11.4. The van der Waals surface area contributed by atoms with E-state index >= 15 is 0 Å². The molecule has 22 heavy (non-hydrogen) atoms. The first kappa shape index (κ1) is 16.9. The third kappa shape index (κ3) is 3.66. The van der Waals surface area contributed by atoms with E-state index in [1.54, 1.807) is 0 Å². The van der Waals surface area contributed by atoms with Gasteiger partial charge in [-0.3, -0.25) is 0 Å². The summed E-state index contributed by atoms with van der Waals surface area (Å²) in [5.41, 5.74) is -1.75. The number of carbonyl (C=O) groups excluding carboxylic acids is 1. The Morgan fingerprint density at radius 2 is 1.55 bits per heavy atom. The summed E-state index contributed by atoms with van der Waals surface area (Å²) in [6, 6.07) is 6.75. The molecule has 0 atom stereocenters. The fourth-order valence-electron chi connectivity index (χ4n) is 1.68. The molecule has 0 amide bonds. The van der Waals surface area contributed by atoms with Crippen molar-refractivity contribution in [1.82, 2.24) is 0 Å². The average Bonchev–Trinajstić information content (AvgIpc) is 2.41. The van der Waals surface area contributed by atoms with Crippen LogP contribution in [0.2, 0.25) is 15.1 Å². The molecule has 2 rings (SSSR count). The van der Waals surface area contributed by atoms with E-state index in [4.69, 9.17) is 39.5 Å². The summed E-state index contributed by atoms with van der Waals surface area (Å²) in [7, 11) is 0. The molecule has 0 saturated heterocycles. The Labute approximate surface area is 138 Å². The summed E-state index contributed by atoms with van der Waals surface area (Å²) in [5, 5.41) is 0.0242. The Kier molecular flexibility index (Phi) is 4.90. The van der Waals surface area contributed by atoms with Gasteiger partial charge in [0.1, 0.15) is 0 Å². The van der Waals surface area contributed by atoms with Crippen molar-refractivity contribution >= 4 is 40.8 Å². The fourth-order valence-corrected chi connectivity index (χ4v) is 2.58. The van der Waals surface area contributed by atoms with Crippen LogP contribution in [0.5, 0.6) is 5.75 Å². The van der Waals surface area contributed by atoms with Crippen molar-refractivity contribution in [2.24, 2.45) is 0 Å². The van der Waals surface area contributed by atoms with Gasteiger partial charge < -0.3 is 4.74 Å². The molecular formula is C14H6Cl3F3O2. The molecule has 0 aliphatic carbocycles. The molecule has 0 aliphatic rings. The summed E-state index contributed by atoms with van der Waals surface area (Å²) in [4.78, 5) is 12.0. The molecule has 0 unspecified atom stereocenters. The van der Waals surface area contributed by atoms with Gasteiger partial charge in [0.25, 0.3) is 0 Å². The van der Waals surface area contributed by atoms with E-state index in [1.807, 2.05) is 0 Å². The predicted octanol–water partition coefficient (Wildman–Crippen LogP) is 5.88. The van der Waals surface area contributed by atoms with Gasteiger partial charge in [0.05, 0.1) is 21.2 Å². The number of ether oxygens (including phenoxy) is 1. The highest BCUT2D eigenvalue weighted by atomic mass is 35.5. The molecule has 0 aliphatic heterocycles. The smallest absolute Gasteiger partial charge is 0.417 e. The topological polar surface area (TPSA) is 26.3 Å². The maximum atomic E-state index is 12.9. The van der Waals surface area contributed by atoms with Crippen LogP contribution in [0, 0.1) is 0 Å². The molecule has 0 fully saturated rings. The number of benzene rings is 2. The van der Waals surface area contributed by atoms with E-state index < -0.39 is 23.3 Å². The van der Waals surface area contributed by atoms with Crippen LogP contribution < -0.4 is 4.74 Å². The number of hydrogen-bond acceptors (Lipinski definition) is 2. The Morgan fingerprint density at radius 1 is 1.00 bits per heavy atom. The Bertz CT molecular complexity index is 707. The second kappa shape index (κ2) is 6.36. The van der Waals surface area contributed by atoms with E-state index in [1.165, 1.54) is 24.3 Å². The van der Waals surface area contributed by atoms with Crippen molar-refractivity contribution in [1.29, 1.82) is 0 Å². The molecule has 2 aromatic carbocycles. The summed E-state index contributed by atoms with van der Waals surface area (Å²) >= 11 is 17.4. The van der Waals surface area contributed by atoms with Crippen LogP contribution in [0.1, 0.15) is 15.9 Å². The first-order chi connectivity index (χ1) is 10.2. The van der Waals surface area contributed by atoms with E-state index in [0.717, 1.165) is 12.1 Å². The predicted molar refractivity (Wildman–Crippen MR) is 77.9 cm³/mol. The standard InChI is InChI=1S/C14H6Cl3F3O2/c15-7-5-10(16)12(11(17)6-7)22-13(21)8-3-1-2-4-9(8)14(18,19)20/h1-6H. The maximum Gasteiger partial charge on any atom is 0.417 e. The van der Waals surface area contributed by atoms with Gasteiger partial charge in [-0.15, -0.1) is 0 Å². The molecule has 116 valence electrons. The maximum absolute atomic E-state index is 12.9. The van der Waals surface area contributed by atoms with E-state index in [-0.39, 0.29) is 20.8 Å². The highest BCUT2D eigenvalue weighted by Gasteiger charge is 2.35. The van der Waals surface area contributed by atoms with E-state index in [9.17, 15) is 18.0 Å². The lowest BCUT2D eigenvalue weighted by Crippen LogP contribution is -2.17. The van der Waals surface area contributed by atoms with Gasteiger partial charge in [-0.1, -0.05) is 46.9 Å². The number of hydrogen-bond donors (Lipinski definition) is 0. The van der Waals surface area contributed by atoms with Gasteiger partial charge in [-0.2, -0.15) is 13.2 Å². The molecule has 0 saturated carbocycles. The van der Waals surface area contributed by atoms with E-state index in [0.29, 0.717) is 0 Å². The first-order valence-electron chi connectivity index (χ1n) is 5.73. The lowest BCUT2D eigenvalue weighted by atomic mass is 10.1. The molecule has 0 aromatic heterocycles. The van der Waals surface area contributed by atoms with Gasteiger partial charge in [-0.25, -0.2) is 4.79 Å². The minimum absolute atomic E-state index is 0.0876. The lowest BCUT2D eigenvalue weighted by Gasteiger charge is -2.13. The third-order valence-electron chi connectivity index (χ3n) is 2.61. The van der Waals surface area contributed by atoms with Crippen LogP contribution in [0.25, 0.3) is 0 Å². The van der Waals surface area contributed by atoms with Crippen molar-refractivity contribution in [3.63, 3.8) is 0 Å². The quantitative estimate of drug-likeness (QED) is 0.488. The zero-order valence-electron chi connectivity index (χ0n) is 10.5. The molecule has 0 radical (unpaired) electrons. The molecule has 0 bridgehead atoms. The van der Waals surface area contributed by atoms with Crippen molar-refractivity contribution in [2.45, 2.75) is 6.18 Å². The summed E-state index contributed by atoms with van der Waals surface area (Å²) in [6.07, 6.45) is -4.69. The number of carbonyl (C=O) groups is 1. The Hall–Kier alpha value is -1.43. The zero-order chi connectivity index (χ0) is 16.5. The molecule has 8 heteroatoms. The second-order valence-corrected chi connectivity index (χ2v) is 5.38. The van der Waals surface area contributed by atoms with Crippen molar-refractivity contribution in [3.05, 3.63) is 62.6 Å². The number of esters is 1. The molecule has 0 spiro atoms. The minimum Gasteiger partial charge on any atom is -0.420 e. The van der Waals surface area contributed by atoms with Gasteiger partial charge >= 0.3 is 12.1 Å². The highest BCUT2D eigenvalue weighted by Crippen LogP contribution is 2.37. The molecule has 0 N–H and O–H groups in total. The van der Waals surface area contributed by atoms with Crippen LogP contribution in [-0.4, -0.2) is 5.97 Å². The third-order valence-corrected chi connectivity index (χ3v) is 3.39. The van der Waals surface area contributed by atoms with E-state index in [2.05, 4.69) is 0 Å². The van der Waals surface area contributed by atoms with Crippen LogP contribution in [-0.2, 0) is 6.18 Å². The monoisotopic (exact) mass is 368 g/mol. The Balaban J connectivity index is 2.40. The van der Waals surface area contributed by atoms with Gasteiger partial charge in [0.2, 0.25) is 0 Å². The van der Waals surface area contributed by atoms with Crippen molar-refractivity contribution in [2.75, 3.05) is 0 Å². The second-order valence-electron chi connectivity index (χ2n) is 4.13. The number of alkyl halides is 3. The minimum atomic E-state index is -4.69. The first-order valence-corrected chi connectivity index (χ1v) is 6.86. The summed E-state index contributed by atoms with van der Waals surface area (Å²) in [5.74, 6) is -1.48.